The molecular formula is C13H21N3O. The number of aryl methyl sites for hydroxylation is 1. The second-order valence-electron chi connectivity index (χ2n) is 5.11. The highest BCUT2D eigenvalue weighted by Gasteiger charge is 2.45. The van der Waals surface area contributed by atoms with Gasteiger partial charge in [0.15, 0.2) is 0 Å². The first-order chi connectivity index (χ1) is 8.33. The van der Waals surface area contributed by atoms with Crippen LogP contribution in [0.1, 0.15) is 38.1 Å². The lowest BCUT2D eigenvalue weighted by atomic mass is 9.83. The van der Waals surface area contributed by atoms with Crippen molar-refractivity contribution in [2.24, 2.45) is 5.92 Å². The summed E-state index contributed by atoms with van der Waals surface area (Å²) >= 11 is 0. The van der Waals surface area contributed by atoms with Crippen LogP contribution < -0.4 is 5.32 Å². The topological polar surface area (TPSA) is 39.1 Å². The van der Waals surface area contributed by atoms with E-state index in [1.54, 1.807) is 0 Å². The Balaban J connectivity index is 1.84. The minimum atomic E-state index is 0.334. The van der Waals surface area contributed by atoms with Gasteiger partial charge in [-0.15, -0.1) is 0 Å². The lowest BCUT2D eigenvalue weighted by Crippen LogP contribution is -2.33. The summed E-state index contributed by atoms with van der Waals surface area (Å²) < 4.78 is 8.19. The maximum absolute atomic E-state index is 5.96. The molecule has 4 unspecified atom stereocenters. The van der Waals surface area contributed by atoms with Gasteiger partial charge in [-0.05, 0) is 33.2 Å². The van der Waals surface area contributed by atoms with Crippen LogP contribution in [-0.2, 0) is 11.3 Å². The molecule has 0 radical (unpaired) electrons. The molecule has 3 rings (SSSR count). The molecule has 0 spiro atoms. The van der Waals surface area contributed by atoms with E-state index < -0.39 is 0 Å². The third kappa shape index (κ3) is 1.79. The normalized spacial score (nSPS) is 33.2. The van der Waals surface area contributed by atoms with Crippen molar-refractivity contribution in [1.82, 2.24) is 14.9 Å². The lowest BCUT2D eigenvalue weighted by Gasteiger charge is -2.28. The van der Waals surface area contributed by atoms with Crippen LogP contribution in [0.4, 0.5) is 0 Å². The maximum atomic E-state index is 5.96. The molecular weight excluding hydrogens is 214 g/mol. The molecule has 1 aromatic heterocycles. The highest BCUT2D eigenvalue weighted by atomic mass is 16.5. The van der Waals surface area contributed by atoms with Gasteiger partial charge in [0, 0.05) is 24.9 Å². The molecule has 94 valence electrons. The quantitative estimate of drug-likeness (QED) is 0.864. The first-order valence-corrected chi connectivity index (χ1v) is 6.67. The molecule has 2 aliphatic rings. The standard InChI is InChI=1S/C13H21N3O/c1-3-16-7-6-15-13(16)12(14-2)10-8-9-4-5-11(10)17-9/h6-7,9-12,14H,3-5,8H2,1-2H3. The molecule has 2 bridgehead atoms. The van der Waals surface area contributed by atoms with Crippen molar-refractivity contribution < 1.29 is 4.74 Å². The van der Waals surface area contributed by atoms with Gasteiger partial charge < -0.3 is 14.6 Å². The van der Waals surface area contributed by atoms with Crippen LogP contribution in [0.25, 0.3) is 0 Å². The van der Waals surface area contributed by atoms with Crippen molar-refractivity contribution in [2.75, 3.05) is 7.05 Å². The first kappa shape index (κ1) is 11.2. The van der Waals surface area contributed by atoms with Gasteiger partial charge in [-0.1, -0.05) is 0 Å². The molecule has 2 fully saturated rings. The van der Waals surface area contributed by atoms with Gasteiger partial charge in [-0.3, -0.25) is 0 Å². The average molecular weight is 235 g/mol. The van der Waals surface area contributed by atoms with Gasteiger partial charge in [0.2, 0.25) is 0 Å². The Kier molecular flexibility index (Phi) is 2.92. The van der Waals surface area contributed by atoms with Gasteiger partial charge in [-0.2, -0.15) is 0 Å². The molecule has 2 saturated heterocycles. The zero-order valence-corrected chi connectivity index (χ0v) is 10.6. The second-order valence-corrected chi connectivity index (χ2v) is 5.11. The van der Waals surface area contributed by atoms with Crippen LogP contribution in [0.3, 0.4) is 0 Å². The van der Waals surface area contributed by atoms with E-state index >= 15 is 0 Å². The summed E-state index contributed by atoms with van der Waals surface area (Å²) in [7, 11) is 2.03. The average Bonchev–Trinajstić information content (AvgIpc) is 3.05. The SMILES string of the molecule is CCn1ccnc1C(NC)C1CC2CCC1O2. The number of imidazole rings is 1. The summed E-state index contributed by atoms with van der Waals surface area (Å²) in [6.07, 6.45) is 8.57. The Labute approximate surface area is 102 Å². The third-order valence-corrected chi connectivity index (χ3v) is 4.26. The maximum Gasteiger partial charge on any atom is 0.126 e. The van der Waals surface area contributed by atoms with E-state index in [0.29, 0.717) is 24.2 Å². The molecule has 1 aromatic rings. The van der Waals surface area contributed by atoms with E-state index in [4.69, 9.17) is 4.74 Å². The Bertz CT molecular complexity index is 390. The number of fused-ring (bicyclic) bond motifs is 2. The van der Waals surface area contributed by atoms with Crippen LogP contribution >= 0.6 is 0 Å². The lowest BCUT2D eigenvalue weighted by molar-refractivity contribution is 0.0853. The monoisotopic (exact) mass is 235 g/mol. The Morgan fingerprint density at radius 1 is 1.59 bits per heavy atom. The highest BCUT2D eigenvalue weighted by molar-refractivity contribution is 5.06. The molecule has 0 amide bonds. The number of rotatable bonds is 4. The first-order valence-electron chi connectivity index (χ1n) is 6.67. The van der Waals surface area contributed by atoms with E-state index in [0.717, 1.165) is 12.4 Å². The fourth-order valence-corrected chi connectivity index (χ4v) is 3.43. The number of hydrogen-bond donors (Lipinski definition) is 1. The van der Waals surface area contributed by atoms with Crippen molar-refractivity contribution in [2.45, 2.75) is 51.0 Å². The fourth-order valence-electron chi connectivity index (χ4n) is 3.43. The summed E-state index contributed by atoms with van der Waals surface area (Å²) in [5, 5.41) is 3.44. The van der Waals surface area contributed by atoms with Crippen molar-refractivity contribution in [3.05, 3.63) is 18.2 Å². The molecule has 4 heteroatoms. The predicted octanol–water partition coefficient (Wildman–Crippen LogP) is 1.73. The van der Waals surface area contributed by atoms with Gasteiger partial charge in [-0.25, -0.2) is 4.98 Å². The van der Waals surface area contributed by atoms with E-state index in [9.17, 15) is 0 Å². The minimum absolute atomic E-state index is 0.334. The summed E-state index contributed by atoms with van der Waals surface area (Å²) in [6, 6.07) is 0.334. The molecule has 0 saturated carbocycles. The fraction of sp³-hybridized carbons (Fsp3) is 0.769. The van der Waals surface area contributed by atoms with E-state index in [1.807, 2.05) is 13.2 Å². The summed E-state index contributed by atoms with van der Waals surface area (Å²) in [6.45, 7) is 3.14. The van der Waals surface area contributed by atoms with Gasteiger partial charge in [0.05, 0.1) is 18.2 Å². The molecule has 2 aliphatic heterocycles. The van der Waals surface area contributed by atoms with Crippen LogP contribution in [0.15, 0.2) is 12.4 Å². The molecule has 4 nitrogen and oxygen atoms in total. The van der Waals surface area contributed by atoms with E-state index in [1.165, 1.54) is 19.3 Å². The number of aromatic nitrogens is 2. The zero-order valence-electron chi connectivity index (χ0n) is 10.6. The Morgan fingerprint density at radius 3 is 3.06 bits per heavy atom. The Morgan fingerprint density at radius 2 is 2.47 bits per heavy atom. The summed E-state index contributed by atoms with van der Waals surface area (Å²) in [4.78, 5) is 4.53. The van der Waals surface area contributed by atoms with Gasteiger partial charge in [0.1, 0.15) is 5.82 Å². The molecule has 3 heterocycles. The Hall–Kier alpha value is -0.870. The summed E-state index contributed by atoms with van der Waals surface area (Å²) in [5.74, 6) is 1.75. The molecule has 17 heavy (non-hydrogen) atoms. The van der Waals surface area contributed by atoms with Crippen molar-refractivity contribution in [3.63, 3.8) is 0 Å². The third-order valence-electron chi connectivity index (χ3n) is 4.26. The number of hydrogen-bond acceptors (Lipinski definition) is 3. The van der Waals surface area contributed by atoms with Crippen molar-refractivity contribution in [1.29, 1.82) is 0 Å². The molecule has 1 N–H and O–H groups in total. The number of nitrogens with zero attached hydrogens (tertiary/aromatic N) is 2. The second kappa shape index (κ2) is 4.42. The molecule has 0 aliphatic carbocycles. The van der Waals surface area contributed by atoms with Crippen molar-refractivity contribution in [3.8, 4) is 0 Å². The van der Waals surface area contributed by atoms with Gasteiger partial charge >= 0.3 is 0 Å². The van der Waals surface area contributed by atoms with Crippen molar-refractivity contribution >= 4 is 0 Å². The van der Waals surface area contributed by atoms with Crippen LogP contribution in [-0.4, -0.2) is 28.8 Å². The molecule has 0 aromatic carbocycles. The largest absolute Gasteiger partial charge is 0.375 e. The molecule has 4 atom stereocenters. The number of ether oxygens (including phenoxy) is 1. The smallest absolute Gasteiger partial charge is 0.126 e. The van der Waals surface area contributed by atoms with Crippen LogP contribution in [0, 0.1) is 5.92 Å². The predicted molar refractivity (Wildman–Crippen MR) is 65.7 cm³/mol. The van der Waals surface area contributed by atoms with Crippen LogP contribution in [0.2, 0.25) is 0 Å². The minimum Gasteiger partial charge on any atom is -0.375 e. The number of nitrogens with one attached hydrogen (secondary N) is 1. The van der Waals surface area contributed by atoms with Gasteiger partial charge in [0.25, 0.3) is 0 Å². The van der Waals surface area contributed by atoms with E-state index in [-0.39, 0.29) is 0 Å². The van der Waals surface area contributed by atoms with Crippen LogP contribution in [0.5, 0.6) is 0 Å². The van der Waals surface area contributed by atoms with E-state index in [2.05, 4.69) is 28.0 Å². The summed E-state index contributed by atoms with van der Waals surface area (Å²) in [5.41, 5.74) is 0. The zero-order chi connectivity index (χ0) is 11.8. The highest BCUT2D eigenvalue weighted by Crippen LogP contribution is 2.44.